The van der Waals surface area contributed by atoms with Gasteiger partial charge in [-0.05, 0) is 50.6 Å². The number of hydrogen-bond acceptors (Lipinski definition) is 3. The smallest absolute Gasteiger partial charge is 0.143 e. The molecule has 1 aromatic carbocycles. The summed E-state index contributed by atoms with van der Waals surface area (Å²) in [5, 5.41) is 4.56. The monoisotopic (exact) mass is 293 g/mol. The van der Waals surface area contributed by atoms with Crippen molar-refractivity contribution >= 4 is 0 Å². The fourth-order valence-electron chi connectivity index (χ4n) is 2.49. The average molecular weight is 293 g/mol. The van der Waals surface area contributed by atoms with Gasteiger partial charge < -0.3 is 4.74 Å². The Kier molecular flexibility index (Phi) is 3.92. The van der Waals surface area contributed by atoms with E-state index in [1.54, 1.807) is 6.20 Å². The van der Waals surface area contributed by atoms with Crippen LogP contribution in [-0.4, -0.2) is 14.8 Å². The molecule has 0 spiro atoms. The predicted octanol–water partition coefficient (Wildman–Crippen LogP) is 3.77. The summed E-state index contributed by atoms with van der Waals surface area (Å²) < 4.78 is 7.93. The summed E-state index contributed by atoms with van der Waals surface area (Å²) >= 11 is 0. The minimum atomic E-state index is 0.461. The second-order valence-electron chi connectivity index (χ2n) is 5.36. The topological polar surface area (TPSA) is 39.9 Å². The van der Waals surface area contributed by atoms with E-state index in [1.165, 1.54) is 0 Å². The molecule has 0 aliphatic rings. The Balaban J connectivity index is 1.88. The van der Waals surface area contributed by atoms with Crippen LogP contribution in [0.2, 0.25) is 0 Å². The number of nitrogens with zero attached hydrogens (tertiary/aromatic N) is 3. The Morgan fingerprint density at radius 2 is 1.82 bits per heavy atom. The van der Waals surface area contributed by atoms with Crippen LogP contribution in [0.4, 0.5) is 0 Å². The van der Waals surface area contributed by atoms with Crippen molar-refractivity contribution in [1.82, 2.24) is 14.8 Å². The summed E-state index contributed by atoms with van der Waals surface area (Å²) in [5.41, 5.74) is 5.03. The number of ether oxygens (including phenoxy) is 1. The Morgan fingerprint density at radius 1 is 1.05 bits per heavy atom. The van der Waals surface area contributed by atoms with E-state index >= 15 is 0 Å². The molecule has 0 amide bonds. The van der Waals surface area contributed by atoms with Crippen LogP contribution >= 0.6 is 0 Å². The SMILES string of the molecule is Cc1cc(COc2c(C)ccnc2C)n(-c2ccccc2)n1. The number of hydrogen-bond donors (Lipinski definition) is 0. The first kappa shape index (κ1) is 14.3. The van der Waals surface area contributed by atoms with Crippen molar-refractivity contribution in [2.45, 2.75) is 27.4 Å². The average Bonchev–Trinajstić information content (AvgIpc) is 2.89. The lowest BCUT2D eigenvalue weighted by atomic mass is 10.2. The van der Waals surface area contributed by atoms with Crippen LogP contribution in [-0.2, 0) is 6.61 Å². The van der Waals surface area contributed by atoms with Crippen LogP contribution in [0.5, 0.6) is 5.75 Å². The zero-order valence-corrected chi connectivity index (χ0v) is 13.1. The summed E-state index contributed by atoms with van der Waals surface area (Å²) in [4.78, 5) is 4.29. The summed E-state index contributed by atoms with van der Waals surface area (Å²) in [5.74, 6) is 0.848. The van der Waals surface area contributed by atoms with Crippen molar-refractivity contribution in [3.8, 4) is 11.4 Å². The van der Waals surface area contributed by atoms with E-state index in [-0.39, 0.29) is 0 Å². The van der Waals surface area contributed by atoms with E-state index in [0.717, 1.165) is 34.1 Å². The molecule has 2 heterocycles. The van der Waals surface area contributed by atoms with Gasteiger partial charge in [0, 0.05) is 6.20 Å². The second-order valence-corrected chi connectivity index (χ2v) is 5.36. The molecule has 0 N–H and O–H groups in total. The summed E-state index contributed by atoms with van der Waals surface area (Å²) in [6.45, 7) is 6.44. The Bertz CT molecular complexity index is 758. The van der Waals surface area contributed by atoms with Crippen LogP contribution < -0.4 is 4.74 Å². The highest BCUT2D eigenvalue weighted by Crippen LogP contribution is 2.22. The molecule has 112 valence electrons. The quantitative estimate of drug-likeness (QED) is 0.735. The largest absolute Gasteiger partial charge is 0.485 e. The third-order valence-corrected chi connectivity index (χ3v) is 3.55. The molecule has 0 bridgehead atoms. The molecule has 2 aromatic heterocycles. The first-order chi connectivity index (χ1) is 10.6. The minimum Gasteiger partial charge on any atom is -0.485 e. The van der Waals surface area contributed by atoms with Crippen LogP contribution in [0.15, 0.2) is 48.7 Å². The van der Waals surface area contributed by atoms with Gasteiger partial charge in [-0.25, -0.2) is 4.68 Å². The molecule has 4 nitrogen and oxygen atoms in total. The van der Waals surface area contributed by atoms with E-state index < -0.39 is 0 Å². The number of benzene rings is 1. The zero-order valence-electron chi connectivity index (χ0n) is 13.1. The van der Waals surface area contributed by atoms with Crippen LogP contribution in [0.25, 0.3) is 5.69 Å². The minimum absolute atomic E-state index is 0.461. The highest BCUT2D eigenvalue weighted by Gasteiger charge is 2.10. The first-order valence-corrected chi connectivity index (χ1v) is 7.31. The lowest BCUT2D eigenvalue weighted by Gasteiger charge is -2.12. The van der Waals surface area contributed by atoms with Gasteiger partial charge in [-0.15, -0.1) is 0 Å². The molecule has 0 aliphatic carbocycles. The molecule has 22 heavy (non-hydrogen) atoms. The van der Waals surface area contributed by atoms with Gasteiger partial charge in [0.15, 0.2) is 0 Å². The van der Waals surface area contributed by atoms with Gasteiger partial charge in [-0.3, -0.25) is 4.98 Å². The number of aromatic nitrogens is 3. The summed E-state index contributed by atoms with van der Waals surface area (Å²) in [6, 6.07) is 14.1. The second kappa shape index (κ2) is 6.02. The molecule has 0 saturated carbocycles. The standard InChI is InChI=1S/C18H19N3O/c1-13-9-10-19-15(3)18(13)22-12-17-11-14(2)20-21(17)16-7-5-4-6-8-16/h4-11H,12H2,1-3H3. The predicted molar refractivity (Wildman–Crippen MR) is 86.3 cm³/mol. The number of pyridine rings is 1. The van der Waals surface area contributed by atoms with Gasteiger partial charge in [0.2, 0.25) is 0 Å². The van der Waals surface area contributed by atoms with Gasteiger partial charge in [0.25, 0.3) is 0 Å². The molecular formula is C18H19N3O. The molecular weight excluding hydrogens is 274 g/mol. The fourth-order valence-corrected chi connectivity index (χ4v) is 2.49. The van der Waals surface area contributed by atoms with Crippen LogP contribution in [0, 0.1) is 20.8 Å². The van der Waals surface area contributed by atoms with Crippen LogP contribution in [0.1, 0.15) is 22.6 Å². The van der Waals surface area contributed by atoms with Gasteiger partial charge in [0.1, 0.15) is 12.4 Å². The van der Waals surface area contributed by atoms with Crippen molar-refractivity contribution in [1.29, 1.82) is 0 Å². The lowest BCUT2D eigenvalue weighted by Crippen LogP contribution is -2.07. The van der Waals surface area contributed by atoms with Gasteiger partial charge in [-0.1, -0.05) is 18.2 Å². The van der Waals surface area contributed by atoms with Crippen LogP contribution in [0.3, 0.4) is 0 Å². The molecule has 0 unspecified atom stereocenters. The maximum Gasteiger partial charge on any atom is 0.143 e. The summed E-state index contributed by atoms with van der Waals surface area (Å²) in [6.07, 6.45) is 1.80. The molecule has 0 fully saturated rings. The Labute approximate surface area is 130 Å². The molecule has 3 rings (SSSR count). The molecule has 3 aromatic rings. The van der Waals surface area contributed by atoms with Gasteiger partial charge in [-0.2, -0.15) is 5.10 Å². The van der Waals surface area contributed by atoms with Crippen molar-refractivity contribution in [3.63, 3.8) is 0 Å². The summed E-state index contributed by atoms with van der Waals surface area (Å²) in [7, 11) is 0. The fraction of sp³-hybridized carbons (Fsp3) is 0.222. The maximum atomic E-state index is 6.01. The number of aryl methyl sites for hydroxylation is 3. The molecule has 4 heteroatoms. The lowest BCUT2D eigenvalue weighted by molar-refractivity contribution is 0.292. The molecule has 0 atom stereocenters. The molecule has 0 aliphatic heterocycles. The maximum absolute atomic E-state index is 6.01. The van der Waals surface area contributed by atoms with Crippen molar-refractivity contribution in [2.24, 2.45) is 0 Å². The highest BCUT2D eigenvalue weighted by molar-refractivity contribution is 5.36. The third-order valence-electron chi connectivity index (χ3n) is 3.55. The normalized spacial score (nSPS) is 10.7. The first-order valence-electron chi connectivity index (χ1n) is 7.31. The van der Waals surface area contributed by atoms with Crippen molar-refractivity contribution in [3.05, 3.63) is 71.3 Å². The van der Waals surface area contributed by atoms with E-state index in [2.05, 4.69) is 10.1 Å². The van der Waals surface area contributed by atoms with E-state index in [0.29, 0.717) is 6.61 Å². The van der Waals surface area contributed by atoms with Crippen molar-refractivity contribution < 1.29 is 4.74 Å². The third kappa shape index (κ3) is 2.86. The van der Waals surface area contributed by atoms with Gasteiger partial charge >= 0.3 is 0 Å². The Morgan fingerprint density at radius 3 is 2.55 bits per heavy atom. The van der Waals surface area contributed by atoms with E-state index in [1.807, 2.05) is 67.9 Å². The number of rotatable bonds is 4. The van der Waals surface area contributed by atoms with E-state index in [9.17, 15) is 0 Å². The zero-order chi connectivity index (χ0) is 15.5. The van der Waals surface area contributed by atoms with Crippen molar-refractivity contribution in [2.75, 3.05) is 0 Å². The molecule has 0 saturated heterocycles. The van der Waals surface area contributed by atoms with Gasteiger partial charge in [0.05, 0.1) is 22.8 Å². The highest BCUT2D eigenvalue weighted by atomic mass is 16.5. The molecule has 0 radical (unpaired) electrons. The van der Waals surface area contributed by atoms with E-state index in [4.69, 9.17) is 4.74 Å². The Hall–Kier alpha value is -2.62. The number of para-hydroxylation sites is 1.